The van der Waals surface area contributed by atoms with Crippen molar-refractivity contribution in [3.63, 3.8) is 0 Å². The SMILES string of the molecule is OC(CNC1CCc2ncnn2C1)COCC1CCCO1. The highest BCUT2D eigenvalue weighted by molar-refractivity contribution is 4.92. The molecule has 1 aromatic heterocycles. The molecule has 3 atom stereocenters. The molecule has 0 amide bonds. The molecule has 3 rings (SSSR count). The van der Waals surface area contributed by atoms with Crippen LogP contribution in [-0.4, -0.2) is 64.5 Å². The maximum Gasteiger partial charge on any atom is 0.138 e. The molecule has 1 aromatic rings. The number of hydrogen-bond donors (Lipinski definition) is 2. The van der Waals surface area contributed by atoms with Gasteiger partial charge in [0.2, 0.25) is 0 Å². The molecule has 0 saturated carbocycles. The molecule has 2 aliphatic rings. The van der Waals surface area contributed by atoms with E-state index in [0.29, 0.717) is 25.8 Å². The lowest BCUT2D eigenvalue weighted by Crippen LogP contribution is -2.42. The molecule has 3 unspecified atom stereocenters. The molecule has 1 fully saturated rings. The van der Waals surface area contributed by atoms with E-state index >= 15 is 0 Å². The average Bonchev–Trinajstić information content (AvgIpc) is 3.15. The van der Waals surface area contributed by atoms with Gasteiger partial charge in [0.25, 0.3) is 0 Å². The molecule has 21 heavy (non-hydrogen) atoms. The summed E-state index contributed by atoms with van der Waals surface area (Å²) in [4.78, 5) is 4.21. The van der Waals surface area contributed by atoms with Crippen molar-refractivity contribution in [2.75, 3.05) is 26.4 Å². The van der Waals surface area contributed by atoms with E-state index in [9.17, 15) is 5.11 Å². The Hall–Kier alpha value is -1.02. The third-order valence-corrected chi connectivity index (χ3v) is 4.09. The van der Waals surface area contributed by atoms with E-state index in [-0.39, 0.29) is 6.10 Å². The Morgan fingerprint density at radius 1 is 1.52 bits per heavy atom. The van der Waals surface area contributed by atoms with Gasteiger partial charge in [-0.05, 0) is 19.3 Å². The van der Waals surface area contributed by atoms with Crippen LogP contribution in [0.3, 0.4) is 0 Å². The molecular weight excluding hydrogens is 272 g/mol. The summed E-state index contributed by atoms with van der Waals surface area (Å²) < 4.78 is 12.9. The van der Waals surface area contributed by atoms with Gasteiger partial charge >= 0.3 is 0 Å². The minimum atomic E-state index is -0.483. The van der Waals surface area contributed by atoms with Gasteiger partial charge in [0.1, 0.15) is 12.2 Å². The first kappa shape index (κ1) is 14.9. The Labute approximate surface area is 124 Å². The van der Waals surface area contributed by atoms with Crippen molar-refractivity contribution in [1.82, 2.24) is 20.1 Å². The average molecular weight is 296 g/mol. The summed E-state index contributed by atoms with van der Waals surface area (Å²) in [5.41, 5.74) is 0. The van der Waals surface area contributed by atoms with Gasteiger partial charge in [-0.15, -0.1) is 0 Å². The fourth-order valence-corrected chi connectivity index (χ4v) is 2.88. The zero-order valence-corrected chi connectivity index (χ0v) is 12.3. The Balaban J connectivity index is 1.30. The van der Waals surface area contributed by atoms with Gasteiger partial charge < -0.3 is 19.9 Å². The van der Waals surface area contributed by atoms with Crippen LogP contribution in [0, 0.1) is 0 Å². The van der Waals surface area contributed by atoms with Crippen molar-refractivity contribution in [1.29, 1.82) is 0 Å². The highest BCUT2D eigenvalue weighted by Gasteiger charge is 2.20. The number of aliphatic hydroxyl groups excluding tert-OH is 1. The predicted octanol–water partition coefficient (Wildman–Crippen LogP) is -0.261. The second kappa shape index (κ2) is 7.31. The highest BCUT2D eigenvalue weighted by Crippen LogP contribution is 2.12. The lowest BCUT2D eigenvalue weighted by atomic mass is 10.1. The van der Waals surface area contributed by atoms with Gasteiger partial charge in [-0.1, -0.05) is 0 Å². The van der Waals surface area contributed by atoms with Gasteiger partial charge in [0, 0.05) is 25.6 Å². The lowest BCUT2D eigenvalue weighted by molar-refractivity contribution is -0.0171. The van der Waals surface area contributed by atoms with Crippen LogP contribution >= 0.6 is 0 Å². The number of ether oxygens (including phenoxy) is 2. The van der Waals surface area contributed by atoms with Crippen LogP contribution in [0.15, 0.2) is 6.33 Å². The molecule has 1 saturated heterocycles. The van der Waals surface area contributed by atoms with Crippen LogP contribution < -0.4 is 5.32 Å². The topological polar surface area (TPSA) is 81.4 Å². The molecule has 7 heteroatoms. The third-order valence-electron chi connectivity index (χ3n) is 4.09. The number of rotatable bonds is 7. The number of fused-ring (bicyclic) bond motifs is 1. The summed E-state index contributed by atoms with van der Waals surface area (Å²) in [7, 11) is 0. The van der Waals surface area contributed by atoms with Crippen LogP contribution in [0.25, 0.3) is 0 Å². The van der Waals surface area contributed by atoms with Crippen LogP contribution in [0.5, 0.6) is 0 Å². The second-order valence-corrected chi connectivity index (χ2v) is 5.83. The standard InChI is InChI=1S/C14H24N4O3/c19-12(8-20-9-13-2-1-5-21-13)6-15-11-3-4-14-16-10-17-18(14)7-11/h10-13,15,19H,1-9H2. The Morgan fingerprint density at radius 2 is 2.48 bits per heavy atom. The number of aliphatic hydroxyl groups is 1. The van der Waals surface area contributed by atoms with Gasteiger partial charge in [-0.3, -0.25) is 0 Å². The number of nitrogens with one attached hydrogen (secondary N) is 1. The molecule has 2 N–H and O–H groups in total. The monoisotopic (exact) mass is 296 g/mol. The van der Waals surface area contributed by atoms with Crippen LogP contribution in [-0.2, 0) is 22.4 Å². The van der Waals surface area contributed by atoms with Crippen LogP contribution in [0.4, 0.5) is 0 Å². The molecule has 0 radical (unpaired) electrons. The summed E-state index contributed by atoms with van der Waals surface area (Å²) in [6.45, 7) is 3.14. The first-order chi connectivity index (χ1) is 10.3. The molecule has 2 aliphatic heterocycles. The van der Waals surface area contributed by atoms with E-state index in [1.165, 1.54) is 0 Å². The van der Waals surface area contributed by atoms with Crippen molar-refractivity contribution in [2.45, 2.75) is 50.5 Å². The number of aryl methyl sites for hydroxylation is 1. The number of hydrogen-bond acceptors (Lipinski definition) is 6. The van der Waals surface area contributed by atoms with E-state index in [0.717, 1.165) is 44.7 Å². The van der Waals surface area contributed by atoms with Crippen molar-refractivity contribution in [2.24, 2.45) is 0 Å². The van der Waals surface area contributed by atoms with E-state index in [1.54, 1.807) is 6.33 Å². The van der Waals surface area contributed by atoms with Crippen LogP contribution in [0.2, 0.25) is 0 Å². The Bertz CT molecular complexity index is 434. The van der Waals surface area contributed by atoms with E-state index in [4.69, 9.17) is 9.47 Å². The molecule has 3 heterocycles. The summed E-state index contributed by atoms with van der Waals surface area (Å²) in [5.74, 6) is 1.05. The summed E-state index contributed by atoms with van der Waals surface area (Å²) >= 11 is 0. The predicted molar refractivity (Wildman–Crippen MR) is 75.9 cm³/mol. The zero-order chi connectivity index (χ0) is 14.5. The first-order valence-electron chi connectivity index (χ1n) is 7.79. The van der Waals surface area contributed by atoms with E-state index in [2.05, 4.69) is 15.4 Å². The van der Waals surface area contributed by atoms with Gasteiger partial charge in [-0.2, -0.15) is 5.10 Å². The quantitative estimate of drug-likeness (QED) is 0.721. The van der Waals surface area contributed by atoms with Gasteiger partial charge in [0.15, 0.2) is 0 Å². The molecule has 0 bridgehead atoms. The minimum absolute atomic E-state index is 0.217. The molecule has 0 aliphatic carbocycles. The maximum atomic E-state index is 9.95. The molecule has 118 valence electrons. The molecule has 0 aromatic carbocycles. The fourth-order valence-electron chi connectivity index (χ4n) is 2.88. The van der Waals surface area contributed by atoms with Crippen molar-refractivity contribution < 1.29 is 14.6 Å². The molecule has 0 spiro atoms. The molecule has 7 nitrogen and oxygen atoms in total. The lowest BCUT2D eigenvalue weighted by Gasteiger charge is -2.25. The summed E-state index contributed by atoms with van der Waals surface area (Å²) in [6, 6.07) is 0.340. The van der Waals surface area contributed by atoms with Crippen molar-refractivity contribution in [3.8, 4) is 0 Å². The largest absolute Gasteiger partial charge is 0.389 e. The van der Waals surface area contributed by atoms with Crippen molar-refractivity contribution >= 4 is 0 Å². The molecular formula is C14H24N4O3. The van der Waals surface area contributed by atoms with Crippen LogP contribution in [0.1, 0.15) is 25.1 Å². The summed E-state index contributed by atoms with van der Waals surface area (Å²) in [5, 5.41) is 17.5. The zero-order valence-electron chi connectivity index (χ0n) is 12.3. The van der Waals surface area contributed by atoms with E-state index < -0.39 is 6.10 Å². The van der Waals surface area contributed by atoms with Crippen molar-refractivity contribution in [3.05, 3.63) is 12.2 Å². The fraction of sp³-hybridized carbons (Fsp3) is 0.857. The second-order valence-electron chi connectivity index (χ2n) is 5.83. The maximum absolute atomic E-state index is 9.95. The first-order valence-corrected chi connectivity index (χ1v) is 7.79. The summed E-state index contributed by atoms with van der Waals surface area (Å²) in [6.07, 6.45) is 5.48. The minimum Gasteiger partial charge on any atom is -0.389 e. The van der Waals surface area contributed by atoms with E-state index in [1.807, 2.05) is 4.68 Å². The Morgan fingerprint density at radius 3 is 3.33 bits per heavy atom. The van der Waals surface area contributed by atoms with Gasteiger partial charge in [0.05, 0.1) is 32.0 Å². The third kappa shape index (κ3) is 4.23. The van der Waals surface area contributed by atoms with Gasteiger partial charge in [-0.25, -0.2) is 9.67 Å². The number of nitrogens with zero attached hydrogens (tertiary/aromatic N) is 3. The normalized spacial score (nSPS) is 26.7. The smallest absolute Gasteiger partial charge is 0.138 e. The number of aromatic nitrogens is 3. The Kier molecular flexibility index (Phi) is 5.18. The highest BCUT2D eigenvalue weighted by atomic mass is 16.5.